The van der Waals surface area contributed by atoms with E-state index in [0.29, 0.717) is 6.04 Å². The summed E-state index contributed by atoms with van der Waals surface area (Å²) in [6.45, 7) is 4.28. The lowest BCUT2D eigenvalue weighted by Crippen LogP contribution is -2.13. The Morgan fingerprint density at radius 1 is 1.40 bits per heavy atom. The van der Waals surface area contributed by atoms with Crippen LogP contribution in [-0.2, 0) is 0 Å². The molecule has 0 heterocycles. The summed E-state index contributed by atoms with van der Waals surface area (Å²) in [6.07, 6.45) is 3.81. The van der Waals surface area contributed by atoms with Crippen LogP contribution in [0.25, 0.3) is 0 Å². The maximum Gasteiger partial charge on any atom is 0.00104 e. The lowest BCUT2D eigenvalue weighted by molar-refractivity contribution is 0.618. The molecule has 0 spiro atoms. The second-order valence-corrected chi connectivity index (χ2v) is 4.06. The fourth-order valence-electron chi connectivity index (χ4n) is 0.815. The van der Waals surface area contributed by atoms with E-state index < -0.39 is 0 Å². The van der Waals surface area contributed by atoms with E-state index in [0.717, 1.165) is 0 Å². The van der Waals surface area contributed by atoms with Gasteiger partial charge in [-0.1, -0.05) is 13.3 Å². The third-order valence-corrected chi connectivity index (χ3v) is 2.39. The quantitative estimate of drug-likeness (QED) is 0.605. The topological polar surface area (TPSA) is 26.0 Å². The van der Waals surface area contributed by atoms with Crippen LogP contribution in [0, 0.1) is 0 Å². The Hall–Kier alpha value is 0.310. The summed E-state index contributed by atoms with van der Waals surface area (Å²) in [6, 6.07) is 0.395. The first kappa shape index (κ1) is 10.3. The third kappa shape index (κ3) is 8.31. The highest BCUT2D eigenvalue weighted by Crippen LogP contribution is 2.05. The molecule has 0 saturated carbocycles. The smallest absolute Gasteiger partial charge is 0.00104 e. The summed E-state index contributed by atoms with van der Waals surface area (Å²) >= 11 is 2.02. The summed E-state index contributed by atoms with van der Waals surface area (Å²) in [5.74, 6) is 2.56. The zero-order valence-electron chi connectivity index (χ0n) is 7.10. The fourth-order valence-corrected chi connectivity index (χ4v) is 1.51. The van der Waals surface area contributed by atoms with Crippen molar-refractivity contribution in [2.45, 2.75) is 39.2 Å². The van der Waals surface area contributed by atoms with Gasteiger partial charge >= 0.3 is 0 Å². The van der Waals surface area contributed by atoms with E-state index in [9.17, 15) is 0 Å². The Morgan fingerprint density at radius 2 is 2.10 bits per heavy atom. The van der Waals surface area contributed by atoms with Gasteiger partial charge in [-0.15, -0.1) is 0 Å². The van der Waals surface area contributed by atoms with Crippen molar-refractivity contribution in [3.8, 4) is 0 Å². The molecule has 10 heavy (non-hydrogen) atoms. The molecule has 1 unspecified atom stereocenters. The van der Waals surface area contributed by atoms with Crippen LogP contribution in [0.15, 0.2) is 0 Å². The van der Waals surface area contributed by atoms with E-state index in [1.807, 2.05) is 11.8 Å². The Bertz CT molecular complexity index is 64.3. The average molecular weight is 161 g/mol. The molecule has 0 aliphatic carbocycles. The number of hydrogen-bond donors (Lipinski definition) is 1. The third-order valence-electron chi connectivity index (χ3n) is 1.40. The predicted octanol–water partition coefficient (Wildman–Crippen LogP) is 2.26. The molecule has 0 radical (unpaired) electrons. The molecule has 0 bridgehead atoms. The van der Waals surface area contributed by atoms with Gasteiger partial charge in [-0.25, -0.2) is 0 Å². The van der Waals surface area contributed by atoms with Crippen LogP contribution < -0.4 is 5.73 Å². The van der Waals surface area contributed by atoms with Crippen LogP contribution in [0.2, 0.25) is 0 Å². The molecule has 0 aromatic carbocycles. The molecule has 1 nitrogen and oxygen atoms in total. The van der Waals surface area contributed by atoms with Gasteiger partial charge in [-0.3, -0.25) is 0 Å². The molecule has 1 atom stereocenters. The summed E-state index contributed by atoms with van der Waals surface area (Å²) in [4.78, 5) is 0. The first-order valence-corrected chi connectivity index (χ1v) is 5.26. The Labute approximate surface area is 68.8 Å². The maximum atomic E-state index is 5.60. The van der Waals surface area contributed by atoms with Crippen molar-refractivity contribution >= 4 is 11.8 Å². The van der Waals surface area contributed by atoms with Crippen molar-refractivity contribution in [2.24, 2.45) is 5.73 Å². The second-order valence-electron chi connectivity index (χ2n) is 2.67. The summed E-state index contributed by atoms with van der Waals surface area (Å²) in [7, 11) is 0. The minimum absolute atomic E-state index is 0.395. The largest absolute Gasteiger partial charge is 0.328 e. The monoisotopic (exact) mass is 161 g/mol. The molecule has 0 aliphatic heterocycles. The number of nitrogens with two attached hydrogens (primary N) is 1. The van der Waals surface area contributed by atoms with Crippen LogP contribution in [0.1, 0.15) is 33.1 Å². The highest BCUT2D eigenvalue weighted by molar-refractivity contribution is 7.99. The molecule has 2 heteroatoms. The van der Waals surface area contributed by atoms with E-state index >= 15 is 0 Å². The van der Waals surface area contributed by atoms with Gasteiger partial charge in [0, 0.05) is 6.04 Å². The van der Waals surface area contributed by atoms with E-state index in [1.165, 1.54) is 30.8 Å². The Balaban J connectivity index is 2.77. The van der Waals surface area contributed by atoms with E-state index in [4.69, 9.17) is 5.73 Å². The Kier molecular flexibility index (Phi) is 7.65. The average Bonchev–Trinajstić information content (AvgIpc) is 1.87. The predicted molar refractivity (Wildman–Crippen MR) is 50.5 cm³/mol. The molecule has 0 aromatic rings. The SMILES string of the molecule is CCSCCCCC(C)N. The Morgan fingerprint density at radius 3 is 2.60 bits per heavy atom. The normalized spacial score (nSPS) is 13.5. The fraction of sp³-hybridized carbons (Fsp3) is 1.00. The number of rotatable bonds is 6. The van der Waals surface area contributed by atoms with E-state index in [1.54, 1.807) is 0 Å². The van der Waals surface area contributed by atoms with Gasteiger partial charge < -0.3 is 5.73 Å². The van der Waals surface area contributed by atoms with Gasteiger partial charge in [0.2, 0.25) is 0 Å². The molecule has 62 valence electrons. The molecular formula is C8H19NS. The zero-order chi connectivity index (χ0) is 7.82. The van der Waals surface area contributed by atoms with Crippen LogP contribution in [0.4, 0.5) is 0 Å². The van der Waals surface area contributed by atoms with Crippen LogP contribution >= 0.6 is 11.8 Å². The maximum absolute atomic E-state index is 5.60. The van der Waals surface area contributed by atoms with Gasteiger partial charge in [0.05, 0.1) is 0 Å². The van der Waals surface area contributed by atoms with Crippen LogP contribution in [-0.4, -0.2) is 17.5 Å². The molecule has 0 aliphatic rings. The minimum atomic E-state index is 0.395. The molecule has 0 fully saturated rings. The first-order chi connectivity index (χ1) is 4.77. The van der Waals surface area contributed by atoms with Crippen molar-refractivity contribution in [1.29, 1.82) is 0 Å². The van der Waals surface area contributed by atoms with Gasteiger partial charge in [0.1, 0.15) is 0 Å². The standard InChI is InChI=1S/C8H19NS/c1-3-10-7-5-4-6-8(2)9/h8H,3-7,9H2,1-2H3. The van der Waals surface area contributed by atoms with Crippen molar-refractivity contribution < 1.29 is 0 Å². The number of thioether (sulfide) groups is 1. The molecule has 2 N–H and O–H groups in total. The summed E-state index contributed by atoms with van der Waals surface area (Å²) in [5.41, 5.74) is 5.60. The van der Waals surface area contributed by atoms with Gasteiger partial charge in [0.25, 0.3) is 0 Å². The van der Waals surface area contributed by atoms with Gasteiger partial charge in [-0.05, 0) is 31.3 Å². The molecule has 0 rings (SSSR count). The lowest BCUT2D eigenvalue weighted by atomic mass is 10.2. The molecule has 0 aromatic heterocycles. The minimum Gasteiger partial charge on any atom is -0.328 e. The highest BCUT2D eigenvalue weighted by atomic mass is 32.2. The number of unbranched alkanes of at least 4 members (excludes halogenated alkanes) is 1. The van der Waals surface area contributed by atoms with Crippen LogP contribution in [0.5, 0.6) is 0 Å². The van der Waals surface area contributed by atoms with Crippen molar-refractivity contribution in [1.82, 2.24) is 0 Å². The zero-order valence-corrected chi connectivity index (χ0v) is 7.91. The van der Waals surface area contributed by atoms with Crippen molar-refractivity contribution in [3.05, 3.63) is 0 Å². The van der Waals surface area contributed by atoms with Gasteiger partial charge in [0.15, 0.2) is 0 Å². The van der Waals surface area contributed by atoms with E-state index in [2.05, 4.69) is 13.8 Å². The molecule has 0 amide bonds. The second kappa shape index (κ2) is 7.42. The van der Waals surface area contributed by atoms with Crippen molar-refractivity contribution in [2.75, 3.05) is 11.5 Å². The van der Waals surface area contributed by atoms with Crippen LogP contribution in [0.3, 0.4) is 0 Å². The first-order valence-electron chi connectivity index (χ1n) is 4.10. The number of hydrogen-bond acceptors (Lipinski definition) is 2. The lowest BCUT2D eigenvalue weighted by Gasteiger charge is -2.02. The molecule has 0 saturated heterocycles. The van der Waals surface area contributed by atoms with Crippen molar-refractivity contribution in [3.63, 3.8) is 0 Å². The van der Waals surface area contributed by atoms with E-state index in [-0.39, 0.29) is 0 Å². The highest BCUT2D eigenvalue weighted by Gasteiger charge is 1.92. The summed E-state index contributed by atoms with van der Waals surface area (Å²) in [5, 5.41) is 0. The molecular weight excluding hydrogens is 142 g/mol. The van der Waals surface area contributed by atoms with Gasteiger partial charge in [-0.2, -0.15) is 11.8 Å². The summed E-state index contributed by atoms with van der Waals surface area (Å²) < 4.78 is 0.